The Morgan fingerprint density at radius 3 is 2.85 bits per heavy atom. The summed E-state index contributed by atoms with van der Waals surface area (Å²) in [5, 5.41) is 0. The number of benzene rings is 1. The molecule has 2 unspecified atom stereocenters. The average Bonchev–Trinajstić information content (AvgIpc) is 2.03. The molecule has 0 amide bonds. The summed E-state index contributed by atoms with van der Waals surface area (Å²) in [6.45, 7) is 1.42. The minimum Gasteiger partial charge on any atom is -0.772 e. The van der Waals surface area contributed by atoms with Crippen molar-refractivity contribution in [1.82, 2.24) is 0 Å². The molecule has 0 radical (unpaired) electrons. The quantitative estimate of drug-likeness (QED) is 0.702. The van der Waals surface area contributed by atoms with Crippen LogP contribution in [0.4, 0.5) is 4.39 Å². The standard InChI is InChI=1S/C9H11FO2S/c1-7(10)9-4-2-3-8(5-9)6-13(11)12/h2-5,7H,6H2,1H3,(H,11,12)/p-1. The molecule has 0 bridgehead atoms. The minimum atomic E-state index is -2.11. The van der Waals surface area contributed by atoms with Crippen molar-refractivity contribution in [3.63, 3.8) is 0 Å². The van der Waals surface area contributed by atoms with Gasteiger partial charge in [-0.05, 0) is 18.1 Å². The van der Waals surface area contributed by atoms with E-state index < -0.39 is 17.3 Å². The van der Waals surface area contributed by atoms with Gasteiger partial charge in [-0.2, -0.15) is 0 Å². The first-order valence-corrected chi connectivity index (χ1v) is 5.13. The number of halogens is 1. The molecule has 1 aromatic carbocycles. The Hall–Kier alpha value is -0.740. The van der Waals surface area contributed by atoms with Crippen molar-refractivity contribution in [3.8, 4) is 0 Å². The summed E-state index contributed by atoms with van der Waals surface area (Å²) >= 11 is -2.11. The largest absolute Gasteiger partial charge is 0.772 e. The molecular formula is C9H10FO2S-. The van der Waals surface area contributed by atoms with Gasteiger partial charge in [-0.1, -0.05) is 35.3 Å². The highest BCUT2D eigenvalue weighted by Gasteiger charge is 2.02. The average molecular weight is 201 g/mol. The molecule has 0 aliphatic carbocycles. The summed E-state index contributed by atoms with van der Waals surface area (Å²) in [5.74, 6) is -0.0550. The molecule has 0 aliphatic rings. The van der Waals surface area contributed by atoms with E-state index in [1.165, 1.54) is 6.92 Å². The van der Waals surface area contributed by atoms with E-state index in [1.54, 1.807) is 24.3 Å². The van der Waals surface area contributed by atoms with Crippen molar-refractivity contribution in [1.29, 1.82) is 0 Å². The zero-order valence-corrected chi connectivity index (χ0v) is 8.01. The van der Waals surface area contributed by atoms with Crippen molar-refractivity contribution in [2.75, 3.05) is 0 Å². The molecule has 0 spiro atoms. The summed E-state index contributed by atoms with van der Waals surface area (Å²) in [4.78, 5) is 0. The number of rotatable bonds is 3. The molecule has 0 saturated carbocycles. The van der Waals surface area contributed by atoms with Crippen molar-refractivity contribution < 1.29 is 13.2 Å². The maximum absolute atomic E-state index is 12.8. The summed E-state index contributed by atoms with van der Waals surface area (Å²) in [6.07, 6.45) is -1.06. The van der Waals surface area contributed by atoms with Crippen LogP contribution in [0.25, 0.3) is 0 Å². The Balaban J connectivity index is 2.85. The van der Waals surface area contributed by atoms with Gasteiger partial charge in [0.2, 0.25) is 0 Å². The second-order valence-electron chi connectivity index (χ2n) is 2.81. The van der Waals surface area contributed by atoms with Crippen molar-refractivity contribution in [3.05, 3.63) is 35.4 Å². The van der Waals surface area contributed by atoms with Gasteiger partial charge in [-0.25, -0.2) is 4.39 Å². The third-order valence-electron chi connectivity index (χ3n) is 1.69. The fourth-order valence-corrected chi connectivity index (χ4v) is 1.52. The Kier molecular flexibility index (Phi) is 3.57. The van der Waals surface area contributed by atoms with E-state index in [-0.39, 0.29) is 5.75 Å². The van der Waals surface area contributed by atoms with Gasteiger partial charge in [0.15, 0.2) is 0 Å². The van der Waals surface area contributed by atoms with Crippen molar-refractivity contribution in [2.24, 2.45) is 0 Å². The SMILES string of the molecule is CC(F)c1cccc(CS(=O)[O-])c1. The van der Waals surface area contributed by atoms with Gasteiger partial charge in [0.1, 0.15) is 6.17 Å². The lowest BCUT2D eigenvalue weighted by Crippen LogP contribution is -1.95. The highest BCUT2D eigenvalue weighted by atomic mass is 32.2. The van der Waals surface area contributed by atoms with Crippen molar-refractivity contribution in [2.45, 2.75) is 18.8 Å². The Morgan fingerprint density at radius 1 is 1.62 bits per heavy atom. The monoisotopic (exact) mass is 201 g/mol. The lowest BCUT2D eigenvalue weighted by Gasteiger charge is -2.07. The molecule has 4 heteroatoms. The van der Waals surface area contributed by atoms with Crippen molar-refractivity contribution >= 4 is 11.1 Å². The van der Waals surface area contributed by atoms with Crippen LogP contribution >= 0.6 is 0 Å². The number of alkyl halides is 1. The van der Waals surface area contributed by atoms with Gasteiger partial charge in [0.05, 0.1) is 0 Å². The first kappa shape index (κ1) is 10.3. The molecule has 0 aromatic heterocycles. The molecule has 0 saturated heterocycles. The van der Waals surface area contributed by atoms with E-state index in [2.05, 4.69) is 0 Å². The van der Waals surface area contributed by atoms with Crippen LogP contribution in [0.1, 0.15) is 24.2 Å². The summed E-state index contributed by atoms with van der Waals surface area (Å²) in [5.41, 5.74) is 1.14. The van der Waals surface area contributed by atoms with E-state index >= 15 is 0 Å². The first-order valence-electron chi connectivity index (χ1n) is 3.88. The van der Waals surface area contributed by atoms with E-state index in [0.717, 1.165) is 0 Å². The first-order chi connectivity index (χ1) is 6.09. The van der Waals surface area contributed by atoms with Gasteiger partial charge in [0.25, 0.3) is 0 Å². The number of hydrogen-bond donors (Lipinski definition) is 0. The Morgan fingerprint density at radius 2 is 2.31 bits per heavy atom. The van der Waals surface area contributed by atoms with Crippen LogP contribution in [-0.4, -0.2) is 8.76 Å². The summed E-state index contributed by atoms with van der Waals surface area (Å²) in [6, 6.07) is 6.54. The lowest BCUT2D eigenvalue weighted by atomic mass is 10.1. The van der Waals surface area contributed by atoms with Crippen LogP contribution in [-0.2, 0) is 16.8 Å². The molecule has 0 N–H and O–H groups in total. The van der Waals surface area contributed by atoms with Gasteiger partial charge in [-0.3, -0.25) is 4.21 Å². The van der Waals surface area contributed by atoms with E-state index in [1.807, 2.05) is 0 Å². The molecule has 0 fully saturated rings. The maximum atomic E-state index is 12.8. The molecule has 2 nitrogen and oxygen atoms in total. The van der Waals surface area contributed by atoms with Crippen LogP contribution in [0.2, 0.25) is 0 Å². The highest BCUT2D eigenvalue weighted by Crippen LogP contribution is 2.17. The van der Waals surface area contributed by atoms with E-state index in [9.17, 15) is 13.2 Å². The molecule has 2 atom stereocenters. The predicted molar refractivity (Wildman–Crippen MR) is 48.6 cm³/mol. The zero-order chi connectivity index (χ0) is 9.84. The van der Waals surface area contributed by atoms with Gasteiger partial charge in [0, 0.05) is 5.75 Å². The molecule has 13 heavy (non-hydrogen) atoms. The van der Waals surface area contributed by atoms with Crippen LogP contribution in [0.5, 0.6) is 0 Å². The molecule has 72 valence electrons. The van der Waals surface area contributed by atoms with Crippen LogP contribution in [0.15, 0.2) is 24.3 Å². The molecule has 1 rings (SSSR count). The van der Waals surface area contributed by atoms with Crippen LogP contribution in [0.3, 0.4) is 0 Å². The smallest absolute Gasteiger partial charge is 0.122 e. The van der Waals surface area contributed by atoms with E-state index in [4.69, 9.17) is 0 Å². The topological polar surface area (TPSA) is 40.1 Å². The molecular weight excluding hydrogens is 191 g/mol. The maximum Gasteiger partial charge on any atom is 0.122 e. The molecule has 1 aromatic rings. The summed E-state index contributed by atoms with van der Waals surface area (Å²) < 4.78 is 33.5. The minimum absolute atomic E-state index is 0.0550. The normalized spacial score (nSPS) is 15.3. The highest BCUT2D eigenvalue weighted by molar-refractivity contribution is 7.78. The zero-order valence-electron chi connectivity index (χ0n) is 7.20. The summed E-state index contributed by atoms with van der Waals surface area (Å²) in [7, 11) is 0. The van der Waals surface area contributed by atoms with Crippen LogP contribution in [0, 0.1) is 0 Å². The van der Waals surface area contributed by atoms with E-state index in [0.29, 0.717) is 11.1 Å². The Bertz CT molecular complexity index is 312. The lowest BCUT2D eigenvalue weighted by molar-refractivity contribution is 0.374. The Labute approximate surface area is 79.1 Å². The predicted octanol–water partition coefficient (Wildman–Crippen LogP) is 2.10. The van der Waals surface area contributed by atoms with Gasteiger partial charge >= 0.3 is 0 Å². The van der Waals surface area contributed by atoms with Gasteiger partial charge in [-0.15, -0.1) is 0 Å². The van der Waals surface area contributed by atoms with Crippen LogP contribution < -0.4 is 0 Å². The fraction of sp³-hybridized carbons (Fsp3) is 0.333. The van der Waals surface area contributed by atoms with Gasteiger partial charge < -0.3 is 4.55 Å². The molecule has 0 heterocycles. The molecule has 0 aliphatic heterocycles. The fourth-order valence-electron chi connectivity index (χ4n) is 1.07. The third kappa shape index (κ3) is 3.24. The third-order valence-corrected chi connectivity index (χ3v) is 2.26. The second-order valence-corrected chi connectivity index (χ2v) is 3.71. The second kappa shape index (κ2) is 4.48. The number of hydrogen-bond acceptors (Lipinski definition) is 2.